The fourth-order valence-electron chi connectivity index (χ4n) is 2.57. The van der Waals surface area contributed by atoms with Crippen LogP contribution < -0.4 is 10.6 Å². The molecule has 2 N–H and O–H groups in total. The van der Waals surface area contributed by atoms with Crippen LogP contribution in [0.25, 0.3) is 0 Å². The van der Waals surface area contributed by atoms with Crippen molar-refractivity contribution >= 4 is 11.4 Å². The number of aromatic nitrogens is 1. The van der Waals surface area contributed by atoms with Crippen LogP contribution in [-0.4, -0.2) is 11.5 Å². The summed E-state index contributed by atoms with van der Waals surface area (Å²) in [6.07, 6.45) is 6.03. The van der Waals surface area contributed by atoms with Crippen LogP contribution >= 0.6 is 0 Å². The number of fused-ring (bicyclic) bond motifs is 1. The summed E-state index contributed by atoms with van der Waals surface area (Å²) in [4.78, 5) is 6.48. The molecule has 2 aromatic rings. The lowest BCUT2D eigenvalue weighted by Crippen LogP contribution is -2.28. The first-order chi connectivity index (χ1) is 8.83. The van der Waals surface area contributed by atoms with Gasteiger partial charge in [0, 0.05) is 36.9 Å². The van der Waals surface area contributed by atoms with Crippen molar-refractivity contribution in [1.29, 1.82) is 0 Å². The van der Waals surface area contributed by atoms with E-state index in [1.54, 1.807) is 0 Å². The molecule has 0 fully saturated rings. The molecule has 0 atom stereocenters. The quantitative estimate of drug-likeness (QED) is 0.819. The smallest absolute Gasteiger partial charge is 0.0430 e. The van der Waals surface area contributed by atoms with E-state index in [0.717, 1.165) is 25.2 Å². The lowest BCUT2D eigenvalue weighted by Gasteiger charge is -2.31. The number of nitrogen functional groups attached to an aromatic ring is 1. The van der Waals surface area contributed by atoms with E-state index >= 15 is 0 Å². The summed E-state index contributed by atoms with van der Waals surface area (Å²) in [5.41, 5.74) is 10.7. The zero-order valence-electron chi connectivity index (χ0n) is 10.3. The van der Waals surface area contributed by atoms with E-state index in [2.05, 4.69) is 34.1 Å². The summed E-state index contributed by atoms with van der Waals surface area (Å²) in [5.74, 6) is 0. The van der Waals surface area contributed by atoms with Gasteiger partial charge in [-0.3, -0.25) is 4.98 Å². The van der Waals surface area contributed by atoms with Gasteiger partial charge in [-0.25, -0.2) is 0 Å². The Bertz CT molecular complexity index is 537. The summed E-state index contributed by atoms with van der Waals surface area (Å²) >= 11 is 0. The van der Waals surface area contributed by atoms with Crippen LogP contribution in [-0.2, 0) is 13.0 Å². The third-order valence-electron chi connectivity index (χ3n) is 3.44. The van der Waals surface area contributed by atoms with Crippen LogP contribution in [0, 0.1) is 0 Å². The number of pyridine rings is 1. The Balaban J connectivity index is 1.87. The number of aryl methyl sites for hydroxylation is 1. The van der Waals surface area contributed by atoms with Gasteiger partial charge in [0.25, 0.3) is 0 Å². The van der Waals surface area contributed by atoms with Crippen LogP contribution in [0.5, 0.6) is 0 Å². The van der Waals surface area contributed by atoms with E-state index < -0.39 is 0 Å². The van der Waals surface area contributed by atoms with E-state index in [9.17, 15) is 0 Å². The molecule has 0 spiro atoms. The third kappa shape index (κ3) is 2.16. The second-order valence-electron chi connectivity index (χ2n) is 4.77. The van der Waals surface area contributed by atoms with Crippen molar-refractivity contribution in [2.75, 3.05) is 17.2 Å². The van der Waals surface area contributed by atoms with E-state index in [1.165, 1.54) is 23.2 Å². The number of benzene rings is 1. The van der Waals surface area contributed by atoms with Gasteiger partial charge in [0.1, 0.15) is 0 Å². The zero-order valence-corrected chi connectivity index (χ0v) is 10.3. The molecule has 0 saturated heterocycles. The molecule has 1 aliphatic rings. The standard InChI is InChI=1S/C15H17N3/c16-14-3-4-15-13(10-14)2-1-9-18(15)11-12-5-7-17-8-6-12/h3-8,10H,1-2,9,11,16H2. The molecule has 3 nitrogen and oxygen atoms in total. The van der Waals surface area contributed by atoms with Crippen LogP contribution in [0.1, 0.15) is 17.5 Å². The van der Waals surface area contributed by atoms with Crippen molar-refractivity contribution < 1.29 is 0 Å². The van der Waals surface area contributed by atoms with Gasteiger partial charge in [0.05, 0.1) is 0 Å². The molecule has 0 radical (unpaired) electrons. The van der Waals surface area contributed by atoms with Crippen LogP contribution in [0.2, 0.25) is 0 Å². The fourth-order valence-corrected chi connectivity index (χ4v) is 2.57. The summed E-state index contributed by atoms with van der Waals surface area (Å²) in [7, 11) is 0. The minimum absolute atomic E-state index is 0.861. The Kier molecular flexibility index (Phi) is 2.89. The molecule has 1 aromatic heterocycles. The maximum Gasteiger partial charge on any atom is 0.0430 e. The Labute approximate surface area is 107 Å². The Morgan fingerprint density at radius 1 is 1.17 bits per heavy atom. The van der Waals surface area contributed by atoms with Gasteiger partial charge in [-0.15, -0.1) is 0 Å². The number of anilines is 2. The van der Waals surface area contributed by atoms with E-state index in [1.807, 2.05) is 18.5 Å². The first kappa shape index (κ1) is 11.1. The maximum absolute atomic E-state index is 5.85. The minimum atomic E-state index is 0.861. The molecule has 2 heterocycles. The van der Waals surface area contributed by atoms with Crippen molar-refractivity contribution in [3.05, 3.63) is 53.9 Å². The molecule has 0 aliphatic carbocycles. The van der Waals surface area contributed by atoms with E-state index in [4.69, 9.17) is 5.73 Å². The molecule has 1 aliphatic heterocycles. The lowest BCUT2D eigenvalue weighted by molar-refractivity contribution is 0.691. The Morgan fingerprint density at radius 3 is 2.83 bits per heavy atom. The van der Waals surface area contributed by atoms with Crippen molar-refractivity contribution in [3.63, 3.8) is 0 Å². The summed E-state index contributed by atoms with van der Waals surface area (Å²) in [5, 5.41) is 0. The number of nitrogens with two attached hydrogens (primary N) is 1. The molecular weight excluding hydrogens is 222 g/mol. The van der Waals surface area contributed by atoms with E-state index in [-0.39, 0.29) is 0 Å². The zero-order chi connectivity index (χ0) is 12.4. The summed E-state index contributed by atoms with van der Waals surface area (Å²) < 4.78 is 0. The highest BCUT2D eigenvalue weighted by Gasteiger charge is 2.16. The monoisotopic (exact) mass is 239 g/mol. The topological polar surface area (TPSA) is 42.1 Å². The van der Waals surface area contributed by atoms with Crippen molar-refractivity contribution in [1.82, 2.24) is 4.98 Å². The second-order valence-corrected chi connectivity index (χ2v) is 4.77. The van der Waals surface area contributed by atoms with Gasteiger partial charge in [0.2, 0.25) is 0 Å². The van der Waals surface area contributed by atoms with Crippen LogP contribution in [0.15, 0.2) is 42.7 Å². The summed E-state index contributed by atoms with van der Waals surface area (Å²) in [6, 6.07) is 10.4. The first-order valence-electron chi connectivity index (χ1n) is 6.35. The lowest BCUT2D eigenvalue weighted by atomic mass is 10.0. The van der Waals surface area contributed by atoms with Gasteiger partial charge in [-0.1, -0.05) is 0 Å². The highest BCUT2D eigenvalue weighted by Crippen LogP contribution is 2.29. The molecule has 0 saturated carbocycles. The third-order valence-corrected chi connectivity index (χ3v) is 3.44. The van der Waals surface area contributed by atoms with Gasteiger partial charge in [0.15, 0.2) is 0 Å². The fraction of sp³-hybridized carbons (Fsp3) is 0.267. The second kappa shape index (κ2) is 4.69. The minimum Gasteiger partial charge on any atom is -0.399 e. The van der Waals surface area contributed by atoms with Crippen molar-refractivity contribution in [2.24, 2.45) is 0 Å². The first-order valence-corrected chi connectivity index (χ1v) is 6.35. The molecule has 0 bridgehead atoms. The summed E-state index contributed by atoms with van der Waals surface area (Å²) in [6.45, 7) is 2.05. The molecule has 92 valence electrons. The van der Waals surface area contributed by atoms with E-state index in [0.29, 0.717) is 0 Å². The van der Waals surface area contributed by atoms with Gasteiger partial charge in [-0.2, -0.15) is 0 Å². The van der Waals surface area contributed by atoms with Crippen molar-refractivity contribution in [2.45, 2.75) is 19.4 Å². The maximum atomic E-state index is 5.85. The van der Waals surface area contributed by atoms with Crippen LogP contribution in [0.3, 0.4) is 0 Å². The largest absolute Gasteiger partial charge is 0.399 e. The van der Waals surface area contributed by atoms with Crippen molar-refractivity contribution in [3.8, 4) is 0 Å². The SMILES string of the molecule is Nc1ccc2c(c1)CCCN2Cc1ccncc1. The number of nitrogens with zero attached hydrogens (tertiary/aromatic N) is 2. The Hall–Kier alpha value is -2.03. The molecule has 1 aromatic carbocycles. The highest BCUT2D eigenvalue weighted by atomic mass is 15.1. The molecular formula is C15H17N3. The van der Waals surface area contributed by atoms with Crippen LogP contribution in [0.4, 0.5) is 11.4 Å². The average molecular weight is 239 g/mol. The Morgan fingerprint density at radius 2 is 2.00 bits per heavy atom. The molecule has 0 unspecified atom stereocenters. The number of rotatable bonds is 2. The highest BCUT2D eigenvalue weighted by molar-refractivity contribution is 5.61. The van der Waals surface area contributed by atoms with Gasteiger partial charge < -0.3 is 10.6 Å². The molecule has 3 rings (SSSR count). The average Bonchev–Trinajstić information content (AvgIpc) is 2.40. The predicted molar refractivity (Wildman–Crippen MR) is 74.5 cm³/mol. The number of hydrogen-bond acceptors (Lipinski definition) is 3. The molecule has 3 heteroatoms. The van der Waals surface area contributed by atoms with Gasteiger partial charge in [-0.05, 0) is 54.3 Å². The molecule has 0 amide bonds. The molecule has 18 heavy (non-hydrogen) atoms. The predicted octanol–water partition coefficient (Wildman–Crippen LogP) is 2.62. The van der Waals surface area contributed by atoms with Gasteiger partial charge >= 0.3 is 0 Å². The number of hydrogen-bond donors (Lipinski definition) is 1. The normalized spacial score (nSPS) is 14.3.